The lowest BCUT2D eigenvalue weighted by molar-refractivity contribution is -0.150. The predicted octanol–water partition coefficient (Wildman–Crippen LogP) is 3.37. The second kappa shape index (κ2) is 8.35. The van der Waals surface area contributed by atoms with Gasteiger partial charge in [0.05, 0.1) is 6.04 Å². The monoisotopic (exact) mass is 371 g/mol. The standard InChI is InChI=1S/C20H18FNO5/c1-13(18-9-14-5-2-3-8-17(14)27-18)22-19(23)11-26-20(24)12-25-16-7-4-6-15(21)10-16/h2-10,13H,11-12H2,1H3,(H,22,23)/t13-/m1/s1. The number of nitrogens with one attached hydrogen (secondary N) is 1. The molecule has 0 aliphatic heterocycles. The van der Waals surface area contributed by atoms with Crippen molar-refractivity contribution >= 4 is 22.8 Å². The first-order valence-electron chi connectivity index (χ1n) is 8.33. The van der Waals surface area contributed by atoms with Gasteiger partial charge in [-0.05, 0) is 31.2 Å². The highest BCUT2D eigenvalue weighted by Gasteiger charge is 2.15. The van der Waals surface area contributed by atoms with E-state index in [0.29, 0.717) is 5.76 Å². The van der Waals surface area contributed by atoms with E-state index in [0.717, 1.165) is 17.0 Å². The first-order chi connectivity index (χ1) is 13.0. The number of furan rings is 1. The van der Waals surface area contributed by atoms with E-state index in [1.165, 1.54) is 18.2 Å². The average molecular weight is 371 g/mol. The smallest absolute Gasteiger partial charge is 0.344 e. The molecule has 0 aliphatic rings. The topological polar surface area (TPSA) is 77.8 Å². The lowest BCUT2D eigenvalue weighted by atomic mass is 10.2. The van der Waals surface area contributed by atoms with Crippen LogP contribution in [0.1, 0.15) is 18.7 Å². The largest absolute Gasteiger partial charge is 0.482 e. The maximum atomic E-state index is 13.0. The Balaban J connectivity index is 1.43. The van der Waals surface area contributed by atoms with Gasteiger partial charge < -0.3 is 19.2 Å². The van der Waals surface area contributed by atoms with Gasteiger partial charge in [0, 0.05) is 11.5 Å². The molecule has 1 N–H and O–H groups in total. The fourth-order valence-corrected chi connectivity index (χ4v) is 2.46. The van der Waals surface area contributed by atoms with Crippen molar-refractivity contribution in [1.29, 1.82) is 0 Å². The molecule has 0 fully saturated rings. The van der Waals surface area contributed by atoms with E-state index in [4.69, 9.17) is 13.9 Å². The van der Waals surface area contributed by atoms with E-state index in [1.807, 2.05) is 30.3 Å². The van der Waals surface area contributed by atoms with E-state index in [-0.39, 0.29) is 11.8 Å². The number of hydrogen-bond acceptors (Lipinski definition) is 5. The number of ether oxygens (including phenoxy) is 2. The maximum Gasteiger partial charge on any atom is 0.344 e. The average Bonchev–Trinajstić information content (AvgIpc) is 3.09. The van der Waals surface area contributed by atoms with Gasteiger partial charge in [-0.1, -0.05) is 24.3 Å². The second-order valence-corrected chi connectivity index (χ2v) is 5.88. The van der Waals surface area contributed by atoms with Crippen LogP contribution in [-0.4, -0.2) is 25.1 Å². The van der Waals surface area contributed by atoms with Crippen molar-refractivity contribution in [2.24, 2.45) is 0 Å². The summed E-state index contributed by atoms with van der Waals surface area (Å²) in [5.74, 6) is -0.868. The van der Waals surface area contributed by atoms with E-state index >= 15 is 0 Å². The van der Waals surface area contributed by atoms with Crippen LogP contribution in [0.15, 0.2) is 59.0 Å². The molecule has 6 nitrogen and oxygen atoms in total. The molecular formula is C20H18FNO5. The summed E-state index contributed by atoms with van der Waals surface area (Å²) in [6.07, 6.45) is 0. The summed E-state index contributed by atoms with van der Waals surface area (Å²) in [5, 5.41) is 3.63. The van der Waals surface area contributed by atoms with Crippen LogP contribution < -0.4 is 10.1 Å². The molecule has 7 heteroatoms. The molecule has 0 saturated heterocycles. The van der Waals surface area contributed by atoms with Crippen LogP contribution in [0.4, 0.5) is 4.39 Å². The van der Waals surface area contributed by atoms with Crippen LogP contribution in [0.5, 0.6) is 5.75 Å². The highest BCUT2D eigenvalue weighted by atomic mass is 19.1. The van der Waals surface area contributed by atoms with Crippen molar-refractivity contribution in [3.05, 3.63) is 66.2 Å². The molecule has 1 amide bonds. The minimum atomic E-state index is -0.731. The molecule has 0 unspecified atom stereocenters. The van der Waals surface area contributed by atoms with E-state index in [2.05, 4.69) is 5.32 Å². The molecule has 0 saturated carbocycles. The number of halogens is 1. The summed E-state index contributed by atoms with van der Waals surface area (Å²) < 4.78 is 28.7. The summed E-state index contributed by atoms with van der Waals surface area (Å²) in [5.41, 5.74) is 0.731. The minimum Gasteiger partial charge on any atom is -0.482 e. The Kier molecular flexibility index (Phi) is 5.71. The molecule has 0 aliphatic carbocycles. The van der Waals surface area contributed by atoms with Gasteiger partial charge in [0.2, 0.25) is 0 Å². The Morgan fingerprint density at radius 2 is 1.93 bits per heavy atom. The summed E-state index contributed by atoms with van der Waals surface area (Å²) in [7, 11) is 0. The summed E-state index contributed by atoms with van der Waals surface area (Å²) in [4.78, 5) is 23.6. The van der Waals surface area contributed by atoms with Crippen LogP contribution >= 0.6 is 0 Å². The Labute approximate surface area is 154 Å². The van der Waals surface area contributed by atoms with Crippen molar-refractivity contribution < 1.29 is 27.9 Å². The summed E-state index contributed by atoms with van der Waals surface area (Å²) in [6, 6.07) is 14.4. The number of carbonyl (C=O) groups is 2. The third-order valence-corrected chi connectivity index (χ3v) is 3.77. The molecule has 1 atom stereocenters. The predicted molar refractivity (Wildman–Crippen MR) is 95.6 cm³/mol. The molecule has 3 rings (SSSR count). The third kappa shape index (κ3) is 5.07. The molecule has 2 aromatic carbocycles. The number of hydrogen-bond donors (Lipinski definition) is 1. The minimum absolute atomic E-state index is 0.204. The van der Waals surface area contributed by atoms with Gasteiger partial charge in [-0.25, -0.2) is 9.18 Å². The number of benzene rings is 2. The molecule has 1 aromatic heterocycles. The Bertz CT molecular complexity index is 919. The Morgan fingerprint density at radius 3 is 2.70 bits per heavy atom. The number of amides is 1. The van der Waals surface area contributed by atoms with Crippen molar-refractivity contribution in [3.63, 3.8) is 0 Å². The van der Waals surface area contributed by atoms with Gasteiger partial charge in [-0.3, -0.25) is 4.79 Å². The normalized spacial score (nSPS) is 11.8. The molecule has 0 bridgehead atoms. The zero-order valence-corrected chi connectivity index (χ0v) is 14.6. The van der Waals surface area contributed by atoms with Gasteiger partial charge in [-0.2, -0.15) is 0 Å². The van der Waals surface area contributed by atoms with Crippen molar-refractivity contribution in [3.8, 4) is 5.75 Å². The highest BCUT2D eigenvalue weighted by molar-refractivity contribution is 5.82. The number of esters is 1. The first-order valence-corrected chi connectivity index (χ1v) is 8.33. The van der Waals surface area contributed by atoms with Crippen molar-refractivity contribution in [2.45, 2.75) is 13.0 Å². The molecule has 0 spiro atoms. The molecule has 1 heterocycles. The van der Waals surface area contributed by atoms with Gasteiger partial charge in [0.25, 0.3) is 5.91 Å². The Morgan fingerprint density at radius 1 is 1.11 bits per heavy atom. The van der Waals surface area contributed by atoms with Crippen LogP contribution in [0, 0.1) is 5.82 Å². The highest BCUT2D eigenvalue weighted by Crippen LogP contribution is 2.23. The number of para-hydroxylation sites is 1. The van der Waals surface area contributed by atoms with Crippen molar-refractivity contribution in [2.75, 3.05) is 13.2 Å². The fourth-order valence-electron chi connectivity index (χ4n) is 2.46. The summed E-state index contributed by atoms with van der Waals surface area (Å²) in [6.45, 7) is 0.899. The lowest BCUT2D eigenvalue weighted by Gasteiger charge is -2.12. The van der Waals surface area contributed by atoms with Gasteiger partial charge in [0.1, 0.15) is 22.9 Å². The lowest BCUT2D eigenvalue weighted by Crippen LogP contribution is -2.31. The van der Waals surface area contributed by atoms with Crippen LogP contribution in [-0.2, 0) is 14.3 Å². The Hall–Kier alpha value is -3.35. The van der Waals surface area contributed by atoms with E-state index in [1.54, 1.807) is 6.92 Å². The second-order valence-electron chi connectivity index (χ2n) is 5.88. The van der Waals surface area contributed by atoms with Crippen LogP contribution in [0.3, 0.4) is 0 Å². The van der Waals surface area contributed by atoms with E-state index < -0.39 is 30.9 Å². The number of carbonyl (C=O) groups excluding carboxylic acids is 2. The van der Waals surface area contributed by atoms with E-state index in [9.17, 15) is 14.0 Å². The molecule has 140 valence electrons. The van der Waals surface area contributed by atoms with Gasteiger partial charge >= 0.3 is 5.97 Å². The fraction of sp³-hybridized carbons (Fsp3) is 0.200. The van der Waals surface area contributed by atoms with Crippen molar-refractivity contribution in [1.82, 2.24) is 5.32 Å². The molecule has 3 aromatic rings. The van der Waals surface area contributed by atoms with Gasteiger partial charge in [0.15, 0.2) is 13.2 Å². The molecule has 27 heavy (non-hydrogen) atoms. The van der Waals surface area contributed by atoms with Crippen LogP contribution in [0.2, 0.25) is 0 Å². The number of fused-ring (bicyclic) bond motifs is 1. The number of rotatable bonds is 7. The molecular weight excluding hydrogens is 353 g/mol. The zero-order valence-electron chi connectivity index (χ0n) is 14.6. The third-order valence-electron chi connectivity index (χ3n) is 3.77. The zero-order chi connectivity index (χ0) is 19.2. The first kappa shape index (κ1) is 18.4. The quantitative estimate of drug-likeness (QED) is 0.645. The SMILES string of the molecule is C[C@@H](NC(=O)COC(=O)COc1cccc(F)c1)c1cc2ccccc2o1. The summed E-state index contributed by atoms with van der Waals surface area (Å²) >= 11 is 0. The van der Waals surface area contributed by atoms with Crippen LogP contribution in [0.25, 0.3) is 11.0 Å². The molecule has 0 radical (unpaired) electrons. The maximum absolute atomic E-state index is 13.0. The van der Waals surface area contributed by atoms with Gasteiger partial charge in [-0.15, -0.1) is 0 Å².